The molecule has 0 saturated carbocycles. The predicted molar refractivity (Wildman–Crippen MR) is 83.4 cm³/mol. The van der Waals surface area contributed by atoms with Crippen LogP contribution in [0.25, 0.3) is 11.0 Å². The number of rotatable bonds is 7. The van der Waals surface area contributed by atoms with Gasteiger partial charge in [-0.2, -0.15) is 0 Å². The Labute approximate surface area is 129 Å². The first-order valence-electron chi connectivity index (χ1n) is 6.95. The van der Waals surface area contributed by atoms with Crippen molar-refractivity contribution in [2.45, 2.75) is 19.3 Å². The van der Waals surface area contributed by atoms with Crippen LogP contribution < -0.4 is 0 Å². The quantitative estimate of drug-likeness (QED) is 0.736. The van der Waals surface area contributed by atoms with Crippen molar-refractivity contribution in [3.63, 3.8) is 0 Å². The molecule has 0 unspecified atom stereocenters. The van der Waals surface area contributed by atoms with E-state index in [2.05, 4.69) is 14.5 Å². The van der Waals surface area contributed by atoms with Crippen LogP contribution in [0, 0.1) is 12.7 Å². The minimum Gasteiger partial charge on any atom is -0.383 e. The van der Waals surface area contributed by atoms with Crippen molar-refractivity contribution in [2.24, 2.45) is 0 Å². The lowest BCUT2D eigenvalue weighted by Gasteiger charge is -2.17. The predicted octanol–water partition coefficient (Wildman–Crippen LogP) is 2.80. The Bertz CT molecular complexity index is 614. The molecule has 21 heavy (non-hydrogen) atoms. The minimum absolute atomic E-state index is 0.231. The van der Waals surface area contributed by atoms with E-state index in [-0.39, 0.29) is 5.82 Å². The summed E-state index contributed by atoms with van der Waals surface area (Å²) in [5.41, 5.74) is 2.22. The van der Waals surface area contributed by atoms with Crippen molar-refractivity contribution in [3.05, 3.63) is 29.3 Å². The number of aryl methyl sites for hydroxylation is 1. The number of alkyl halides is 1. The number of likely N-dealkylation sites (N-methyl/N-ethyl adjacent to an activating group) is 1. The summed E-state index contributed by atoms with van der Waals surface area (Å²) < 4.78 is 20.8. The molecule has 1 aromatic carbocycles. The van der Waals surface area contributed by atoms with Crippen LogP contribution in [0.2, 0.25) is 0 Å². The topological polar surface area (TPSA) is 30.3 Å². The molecular weight excluding hydrogens is 293 g/mol. The Hall–Kier alpha value is -1.17. The smallest absolute Gasteiger partial charge is 0.128 e. The van der Waals surface area contributed by atoms with Gasteiger partial charge < -0.3 is 14.2 Å². The molecule has 0 saturated heterocycles. The molecule has 2 rings (SSSR count). The highest BCUT2D eigenvalue weighted by molar-refractivity contribution is 6.16. The first-order valence-corrected chi connectivity index (χ1v) is 7.49. The maximum atomic E-state index is 13.6. The van der Waals surface area contributed by atoms with Gasteiger partial charge in [0.2, 0.25) is 0 Å². The van der Waals surface area contributed by atoms with Gasteiger partial charge in [0.1, 0.15) is 11.6 Å². The van der Waals surface area contributed by atoms with E-state index in [1.165, 1.54) is 6.07 Å². The Morgan fingerprint density at radius 3 is 2.81 bits per heavy atom. The maximum Gasteiger partial charge on any atom is 0.128 e. The largest absolute Gasteiger partial charge is 0.383 e. The van der Waals surface area contributed by atoms with Crippen molar-refractivity contribution in [2.75, 3.05) is 33.9 Å². The molecule has 0 radical (unpaired) electrons. The lowest BCUT2D eigenvalue weighted by atomic mass is 10.2. The average molecular weight is 314 g/mol. The van der Waals surface area contributed by atoms with Gasteiger partial charge in [-0.1, -0.05) is 0 Å². The van der Waals surface area contributed by atoms with Gasteiger partial charge in [0.15, 0.2) is 0 Å². The number of aromatic nitrogens is 2. The maximum absolute atomic E-state index is 13.6. The van der Waals surface area contributed by atoms with E-state index in [4.69, 9.17) is 16.3 Å². The fourth-order valence-electron chi connectivity index (χ4n) is 2.28. The Morgan fingerprint density at radius 2 is 2.14 bits per heavy atom. The molecule has 0 atom stereocenters. The fraction of sp³-hybridized carbons (Fsp3) is 0.533. The van der Waals surface area contributed by atoms with E-state index in [0.29, 0.717) is 23.6 Å². The van der Waals surface area contributed by atoms with Gasteiger partial charge in [-0.25, -0.2) is 9.37 Å². The third-order valence-corrected chi connectivity index (χ3v) is 3.85. The Kier molecular flexibility index (Phi) is 5.56. The Balaban J connectivity index is 2.23. The lowest BCUT2D eigenvalue weighted by molar-refractivity contribution is 0.159. The van der Waals surface area contributed by atoms with Crippen molar-refractivity contribution < 1.29 is 9.13 Å². The zero-order valence-corrected chi connectivity index (χ0v) is 13.5. The zero-order chi connectivity index (χ0) is 15.4. The minimum atomic E-state index is -0.231. The van der Waals surface area contributed by atoms with Gasteiger partial charge in [0.25, 0.3) is 0 Å². The van der Waals surface area contributed by atoms with E-state index >= 15 is 0 Å². The number of methoxy groups -OCH3 is 1. The normalized spacial score (nSPS) is 11.7. The van der Waals surface area contributed by atoms with Crippen LogP contribution in [-0.2, 0) is 17.2 Å². The summed E-state index contributed by atoms with van der Waals surface area (Å²) in [5.74, 6) is 0.860. The first-order chi connectivity index (χ1) is 10.1. The van der Waals surface area contributed by atoms with E-state index < -0.39 is 0 Å². The second-order valence-electron chi connectivity index (χ2n) is 5.20. The molecule has 0 fully saturated rings. The Morgan fingerprint density at radius 1 is 1.38 bits per heavy atom. The van der Waals surface area contributed by atoms with E-state index in [1.54, 1.807) is 14.0 Å². The van der Waals surface area contributed by atoms with E-state index in [9.17, 15) is 4.39 Å². The summed E-state index contributed by atoms with van der Waals surface area (Å²) >= 11 is 5.97. The lowest BCUT2D eigenvalue weighted by Crippen LogP contribution is -2.27. The second kappa shape index (κ2) is 7.20. The van der Waals surface area contributed by atoms with Gasteiger partial charge >= 0.3 is 0 Å². The highest BCUT2D eigenvalue weighted by atomic mass is 35.5. The standard InChI is InChI=1S/C15H21ClFN3O/c1-11-8-14-13(9-12(11)17)18-15(10-16)20(14)5-4-19(2)6-7-21-3/h8-9H,4-7,10H2,1-3H3. The third kappa shape index (κ3) is 3.73. The SMILES string of the molecule is COCCN(C)CCn1c(CCl)nc2cc(F)c(C)cc21. The number of hydrogen-bond donors (Lipinski definition) is 0. The molecule has 0 amide bonds. The fourth-order valence-corrected chi connectivity index (χ4v) is 2.49. The molecule has 0 spiro atoms. The highest BCUT2D eigenvalue weighted by Gasteiger charge is 2.12. The average Bonchev–Trinajstić information content (AvgIpc) is 2.80. The van der Waals surface area contributed by atoms with Crippen LogP contribution in [0.1, 0.15) is 11.4 Å². The summed E-state index contributed by atoms with van der Waals surface area (Å²) in [6, 6.07) is 3.31. The monoisotopic (exact) mass is 313 g/mol. The van der Waals surface area contributed by atoms with Gasteiger partial charge in [-0.3, -0.25) is 0 Å². The van der Waals surface area contributed by atoms with Crippen molar-refractivity contribution in [1.29, 1.82) is 0 Å². The van der Waals surface area contributed by atoms with Gasteiger partial charge in [-0.05, 0) is 25.6 Å². The number of ether oxygens (including phenoxy) is 1. The van der Waals surface area contributed by atoms with Crippen LogP contribution >= 0.6 is 11.6 Å². The molecule has 6 heteroatoms. The highest BCUT2D eigenvalue weighted by Crippen LogP contribution is 2.21. The number of hydrogen-bond acceptors (Lipinski definition) is 3. The molecular formula is C15H21ClFN3O. The number of imidazole rings is 1. The van der Waals surface area contributed by atoms with Crippen LogP contribution in [0.3, 0.4) is 0 Å². The number of halogens is 2. The van der Waals surface area contributed by atoms with Crippen LogP contribution in [-0.4, -0.2) is 48.3 Å². The van der Waals surface area contributed by atoms with E-state index in [0.717, 1.165) is 31.0 Å². The molecule has 0 aliphatic heterocycles. The van der Waals surface area contributed by atoms with Crippen molar-refractivity contribution in [3.8, 4) is 0 Å². The van der Waals surface area contributed by atoms with E-state index in [1.807, 2.05) is 13.1 Å². The van der Waals surface area contributed by atoms with Crippen LogP contribution in [0.4, 0.5) is 4.39 Å². The van der Waals surface area contributed by atoms with Gasteiger partial charge in [0, 0.05) is 32.8 Å². The molecule has 1 heterocycles. The molecule has 1 aromatic heterocycles. The summed E-state index contributed by atoms with van der Waals surface area (Å²) in [4.78, 5) is 6.61. The van der Waals surface area contributed by atoms with Crippen LogP contribution in [0.5, 0.6) is 0 Å². The van der Waals surface area contributed by atoms with Crippen molar-refractivity contribution >= 4 is 22.6 Å². The zero-order valence-electron chi connectivity index (χ0n) is 12.7. The molecule has 0 aliphatic rings. The molecule has 0 aliphatic carbocycles. The molecule has 0 bridgehead atoms. The number of nitrogens with zero attached hydrogens (tertiary/aromatic N) is 3. The first kappa shape index (κ1) is 16.2. The molecule has 0 N–H and O–H groups in total. The molecule has 2 aromatic rings. The molecule has 4 nitrogen and oxygen atoms in total. The van der Waals surface area contributed by atoms with Crippen LogP contribution in [0.15, 0.2) is 12.1 Å². The molecule has 116 valence electrons. The van der Waals surface area contributed by atoms with Crippen molar-refractivity contribution in [1.82, 2.24) is 14.5 Å². The second-order valence-corrected chi connectivity index (χ2v) is 5.47. The third-order valence-electron chi connectivity index (χ3n) is 3.61. The van der Waals surface area contributed by atoms with Gasteiger partial charge in [0.05, 0.1) is 23.5 Å². The summed E-state index contributed by atoms with van der Waals surface area (Å²) in [6.45, 7) is 4.96. The van der Waals surface area contributed by atoms with Gasteiger partial charge in [-0.15, -0.1) is 11.6 Å². The summed E-state index contributed by atoms with van der Waals surface area (Å²) in [7, 11) is 3.74. The number of benzene rings is 1. The summed E-state index contributed by atoms with van der Waals surface area (Å²) in [6.07, 6.45) is 0. The summed E-state index contributed by atoms with van der Waals surface area (Å²) in [5, 5.41) is 0. The number of fused-ring (bicyclic) bond motifs is 1.